The summed E-state index contributed by atoms with van der Waals surface area (Å²) in [4.78, 5) is 0. The van der Waals surface area contributed by atoms with Crippen molar-refractivity contribution >= 4 is 11.3 Å². The Kier molecular flexibility index (Phi) is 2.30. The molecule has 1 nitrogen and oxygen atoms in total. The van der Waals surface area contributed by atoms with E-state index in [-0.39, 0.29) is 5.41 Å². The third-order valence-electron chi connectivity index (χ3n) is 3.62. The maximum atomic E-state index is 5.93. The lowest BCUT2D eigenvalue weighted by Gasteiger charge is -2.17. The number of allylic oxidation sites excluding steroid dienone is 1. The summed E-state index contributed by atoms with van der Waals surface area (Å²) in [5, 5.41) is 0. The molecule has 2 aromatic carbocycles. The van der Waals surface area contributed by atoms with Crippen molar-refractivity contribution in [3.8, 4) is 0 Å². The molecule has 2 N–H and O–H groups in total. The van der Waals surface area contributed by atoms with Gasteiger partial charge in [0.1, 0.15) is 0 Å². The first-order valence-electron chi connectivity index (χ1n) is 6.26. The largest absolute Gasteiger partial charge is 0.399 e. The van der Waals surface area contributed by atoms with Gasteiger partial charge < -0.3 is 5.73 Å². The van der Waals surface area contributed by atoms with Crippen molar-refractivity contribution in [2.24, 2.45) is 0 Å². The predicted molar refractivity (Wildman–Crippen MR) is 77.4 cm³/mol. The van der Waals surface area contributed by atoms with E-state index in [0.717, 1.165) is 5.69 Å². The fourth-order valence-electron chi connectivity index (χ4n) is 2.72. The highest BCUT2D eigenvalue weighted by Crippen LogP contribution is 2.43. The molecule has 0 aliphatic heterocycles. The zero-order valence-corrected chi connectivity index (χ0v) is 10.8. The molecule has 0 spiro atoms. The Labute approximate surface area is 108 Å². The van der Waals surface area contributed by atoms with Crippen LogP contribution in [0.15, 0.2) is 54.6 Å². The molecule has 0 aromatic heterocycles. The molecule has 18 heavy (non-hydrogen) atoms. The monoisotopic (exact) mass is 235 g/mol. The van der Waals surface area contributed by atoms with Crippen LogP contribution in [-0.4, -0.2) is 0 Å². The van der Waals surface area contributed by atoms with Crippen molar-refractivity contribution < 1.29 is 0 Å². The van der Waals surface area contributed by atoms with Crippen LogP contribution in [0.5, 0.6) is 0 Å². The summed E-state index contributed by atoms with van der Waals surface area (Å²) in [5.41, 5.74) is 12.0. The number of rotatable bonds is 1. The molecule has 0 atom stereocenters. The molecule has 0 radical (unpaired) electrons. The van der Waals surface area contributed by atoms with Crippen molar-refractivity contribution in [1.29, 1.82) is 0 Å². The molecule has 3 rings (SSSR count). The topological polar surface area (TPSA) is 26.0 Å². The van der Waals surface area contributed by atoms with Gasteiger partial charge in [-0.25, -0.2) is 0 Å². The number of benzene rings is 2. The van der Waals surface area contributed by atoms with Crippen LogP contribution in [0, 0.1) is 0 Å². The Balaban J connectivity index is 2.22. The number of nitrogens with two attached hydrogens (primary N) is 1. The first-order chi connectivity index (χ1) is 8.58. The van der Waals surface area contributed by atoms with Gasteiger partial charge in [0.15, 0.2) is 0 Å². The fraction of sp³-hybridized carbons (Fsp3) is 0.176. The molecule has 0 saturated heterocycles. The minimum Gasteiger partial charge on any atom is -0.399 e. The third kappa shape index (κ3) is 1.63. The van der Waals surface area contributed by atoms with E-state index >= 15 is 0 Å². The SMILES string of the molecule is CC1(C)C=C(c2ccccc2)c2cc(N)ccc21. The number of hydrogen-bond acceptors (Lipinski definition) is 1. The van der Waals surface area contributed by atoms with Crippen molar-refractivity contribution in [3.05, 3.63) is 71.3 Å². The predicted octanol–water partition coefficient (Wildman–Crippen LogP) is 3.99. The highest BCUT2D eigenvalue weighted by atomic mass is 14.5. The number of fused-ring (bicyclic) bond motifs is 1. The van der Waals surface area contributed by atoms with Gasteiger partial charge in [-0.15, -0.1) is 0 Å². The lowest BCUT2D eigenvalue weighted by molar-refractivity contribution is 0.683. The molecule has 0 saturated carbocycles. The molecule has 2 aromatic rings. The molecule has 0 amide bonds. The van der Waals surface area contributed by atoms with Crippen LogP contribution in [0.25, 0.3) is 5.57 Å². The molecule has 1 aliphatic carbocycles. The summed E-state index contributed by atoms with van der Waals surface area (Å²) in [6.45, 7) is 4.50. The molecule has 0 fully saturated rings. The lowest BCUT2D eigenvalue weighted by atomic mass is 9.87. The average Bonchev–Trinajstić information content (AvgIpc) is 2.62. The van der Waals surface area contributed by atoms with Gasteiger partial charge in [0.25, 0.3) is 0 Å². The van der Waals surface area contributed by atoms with Crippen molar-refractivity contribution in [2.45, 2.75) is 19.3 Å². The van der Waals surface area contributed by atoms with Crippen LogP contribution < -0.4 is 5.73 Å². The maximum absolute atomic E-state index is 5.93. The summed E-state index contributed by atoms with van der Waals surface area (Å²) in [7, 11) is 0. The van der Waals surface area contributed by atoms with E-state index in [9.17, 15) is 0 Å². The van der Waals surface area contributed by atoms with Crippen molar-refractivity contribution in [1.82, 2.24) is 0 Å². The third-order valence-corrected chi connectivity index (χ3v) is 3.62. The van der Waals surface area contributed by atoms with E-state index < -0.39 is 0 Å². The van der Waals surface area contributed by atoms with Gasteiger partial charge in [0.05, 0.1) is 0 Å². The van der Waals surface area contributed by atoms with E-state index in [4.69, 9.17) is 5.73 Å². The van der Waals surface area contributed by atoms with Gasteiger partial charge >= 0.3 is 0 Å². The van der Waals surface area contributed by atoms with E-state index in [0.29, 0.717) is 0 Å². The van der Waals surface area contributed by atoms with Crippen LogP contribution >= 0.6 is 0 Å². The van der Waals surface area contributed by atoms with E-state index in [1.165, 1.54) is 22.3 Å². The second kappa shape index (κ2) is 3.74. The minimum atomic E-state index is 0.0776. The number of anilines is 1. The zero-order chi connectivity index (χ0) is 12.8. The molecular formula is C17H17N. The Bertz CT molecular complexity index is 621. The Morgan fingerprint density at radius 1 is 0.944 bits per heavy atom. The Morgan fingerprint density at radius 3 is 2.39 bits per heavy atom. The van der Waals surface area contributed by atoms with Crippen LogP contribution in [0.1, 0.15) is 30.5 Å². The molecule has 1 heteroatoms. The lowest BCUT2D eigenvalue weighted by Crippen LogP contribution is -2.10. The summed E-state index contributed by atoms with van der Waals surface area (Å²) in [5.74, 6) is 0. The van der Waals surface area contributed by atoms with Gasteiger partial charge in [0.2, 0.25) is 0 Å². The summed E-state index contributed by atoms with van der Waals surface area (Å²) in [6, 6.07) is 16.7. The van der Waals surface area contributed by atoms with E-state index in [1.54, 1.807) is 0 Å². The van der Waals surface area contributed by atoms with Crippen molar-refractivity contribution in [3.63, 3.8) is 0 Å². The first-order valence-corrected chi connectivity index (χ1v) is 6.26. The summed E-state index contributed by atoms with van der Waals surface area (Å²) in [6.07, 6.45) is 2.34. The second-order valence-corrected chi connectivity index (χ2v) is 5.45. The van der Waals surface area contributed by atoms with Gasteiger partial charge in [-0.3, -0.25) is 0 Å². The molecule has 0 unspecified atom stereocenters. The first kappa shape index (κ1) is 11.1. The number of hydrogen-bond donors (Lipinski definition) is 1. The highest BCUT2D eigenvalue weighted by Gasteiger charge is 2.30. The van der Waals surface area contributed by atoms with E-state index in [2.05, 4.69) is 56.3 Å². The molecule has 0 bridgehead atoms. The zero-order valence-electron chi connectivity index (χ0n) is 10.8. The van der Waals surface area contributed by atoms with Crippen molar-refractivity contribution in [2.75, 3.05) is 5.73 Å². The maximum Gasteiger partial charge on any atom is 0.0320 e. The van der Waals surface area contributed by atoms with Crippen LogP contribution in [0.4, 0.5) is 5.69 Å². The van der Waals surface area contributed by atoms with Crippen LogP contribution in [0.3, 0.4) is 0 Å². The molecular weight excluding hydrogens is 218 g/mol. The standard InChI is InChI=1S/C17H17N/c1-17(2)11-15(12-6-4-3-5-7-12)14-10-13(18)8-9-16(14)17/h3-11H,18H2,1-2H3. The Morgan fingerprint density at radius 2 is 1.67 bits per heavy atom. The average molecular weight is 235 g/mol. The van der Waals surface area contributed by atoms with E-state index in [1.807, 2.05) is 12.1 Å². The van der Waals surface area contributed by atoms with Gasteiger partial charge in [-0.2, -0.15) is 0 Å². The molecule has 1 aliphatic rings. The van der Waals surface area contributed by atoms with Gasteiger partial charge in [-0.1, -0.05) is 56.3 Å². The van der Waals surface area contributed by atoms with Crippen LogP contribution in [0.2, 0.25) is 0 Å². The molecule has 90 valence electrons. The van der Waals surface area contributed by atoms with Gasteiger partial charge in [-0.05, 0) is 34.4 Å². The normalized spacial score (nSPS) is 16.2. The summed E-state index contributed by atoms with van der Waals surface area (Å²) < 4.78 is 0. The minimum absolute atomic E-state index is 0.0776. The quantitative estimate of drug-likeness (QED) is 0.743. The highest BCUT2D eigenvalue weighted by molar-refractivity contribution is 5.87. The second-order valence-electron chi connectivity index (χ2n) is 5.45. The van der Waals surface area contributed by atoms with Gasteiger partial charge in [0, 0.05) is 11.1 Å². The fourth-order valence-corrected chi connectivity index (χ4v) is 2.72. The smallest absolute Gasteiger partial charge is 0.0320 e. The summed E-state index contributed by atoms with van der Waals surface area (Å²) >= 11 is 0. The number of nitrogen functional groups attached to an aromatic ring is 1. The Hall–Kier alpha value is -2.02. The van der Waals surface area contributed by atoms with Crippen LogP contribution in [-0.2, 0) is 5.41 Å². The molecule has 0 heterocycles.